The smallest absolute Gasteiger partial charge is 0.407 e. The number of alkyl carbamates (subject to hydrolysis) is 1. The molecule has 0 atom stereocenters. The van der Waals surface area contributed by atoms with Crippen LogP contribution in [0.1, 0.15) is 33.6 Å². The van der Waals surface area contributed by atoms with Crippen LogP contribution in [0, 0.1) is 18.3 Å². The fourth-order valence-corrected chi connectivity index (χ4v) is 2.29. The van der Waals surface area contributed by atoms with Gasteiger partial charge in [0.05, 0.1) is 6.54 Å². The Labute approximate surface area is 133 Å². The number of amides is 2. The number of carbonyl (C=O) groups excluding carboxylic acids is 2. The number of likely N-dealkylation sites (tertiary alicyclic amines) is 1. The highest BCUT2D eigenvalue weighted by atomic mass is 16.6. The van der Waals surface area contributed by atoms with Crippen molar-refractivity contribution in [2.45, 2.75) is 39.2 Å². The molecule has 2 N–H and O–H groups in total. The van der Waals surface area contributed by atoms with Crippen LogP contribution in [0.4, 0.5) is 4.79 Å². The van der Waals surface area contributed by atoms with Crippen molar-refractivity contribution in [2.75, 3.05) is 32.7 Å². The Morgan fingerprint density at radius 1 is 1.23 bits per heavy atom. The molecule has 1 aliphatic heterocycles. The van der Waals surface area contributed by atoms with Crippen molar-refractivity contribution in [2.24, 2.45) is 5.92 Å². The molecule has 22 heavy (non-hydrogen) atoms. The number of hydrogen-bond donors (Lipinski definition) is 2. The minimum Gasteiger partial charge on any atom is -0.444 e. The fourth-order valence-electron chi connectivity index (χ4n) is 2.29. The molecular weight excluding hydrogens is 282 g/mol. The van der Waals surface area contributed by atoms with Crippen molar-refractivity contribution < 1.29 is 14.3 Å². The van der Waals surface area contributed by atoms with Gasteiger partial charge in [-0.15, -0.1) is 6.42 Å². The zero-order valence-electron chi connectivity index (χ0n) is 13.8. The zero-order chi connectivity index (χ0) is 16.6. The minimum atomic E-state index is -0.514. The maximum Gasteiger partial charge on any atom is 0.407 e. The molecule has 1 fully saturated rings. The molecule has 0 unspecified atom stereocenters. The molecule has 2 amide bonds. The summed E-state index contributed by atoms with van der Waals surface area (Å²) in [6, 6.07) is 0. The van der Waals surface area contributed by atoms with Gasteiger partial charge in [-0.1, -0.05) is 5.92 Å². The number of terminal acetylenes is 1. The normalized spacial score (nSPS) is 16.6. The van der Waals surface area contributed by atoms with Crippen molar-refractivity contribution in [3.63, 3.8) is 0 Å². The first kappa shape index (κ1) is 18.3. The van der Waals surface area contributed by atoms with E-state index in [0.29, 0.717) is 19.6 Å². The van der Waals surface area contributed by atoms with Crippen LogP contribution in [0.2, 0.25) is 0 Å². The van der Waals surface area contributed by atoms with E-state index in [2.05, 4.69) is 21.5 Å². The van der Waals surface area contributed by atoms with E-state index in [-0.39, 0.29) is 11.8 Å². The molecule has 6 nitrogen and oxygen atoms in total. The van der Waals surface area contributed by atoms with Crippen LogP contribution in [0.3, 0.4) is 0 Å². The lowest BCUT2D eigenvalue weighted by atomic mass is 9.96. The van der Waals surface area contributed by atoms with Crippen LogP contribution in [0.5, 0.6) is 0 Å². The summed E-state index contributed by atoms with van der Waals surface area (Å²) < 4.78 is 5.11. The van der Waals surface area contributed by atoms with Crippen molar-refractivity contribution >= 4 is 12.0 Å². The highest BCUT2D eigenvalue weighted by Gasteiger charge is 2.24. The highest BCUT2D eigenvalue weighted by Crippen LogP contribution is 2.16. The van der Waals surface area contributed by atoms with E-state index in [1.165, 1.54) is 0 Å². The van der Waals surface area contributed by atoms with Crippen molar-refractivity contribution in [3.8, 4) is 12.3 Å². The van der Waals surface area contributed by atoms with E-state index >= 15 is 0 Å². The van der Waals surface area contributed by atoms with E-state index in [1.54, 1.807) is 20.8 Å². The maximum atomic E-state index is 12.0. The van der Waals surface area contributed by atoms with Gasteiger partial charge in [0, 0.05) is 19.0 Å². The molecule has 0 aromatic heterocycles. The first-order valence-corrected chi connectivity index (χ1v) is 7.72. The first-order valence-electron chi connectivity index (χ1n) is 7.72. The lowest BCUT2D eigenvalue weighted by molar-refractivity contribution is -0.126. The molecule has 1 heterocycles. The van der Waals surface area contributed by atoms with Crippen LogP contribution >= 0.6 is 0 Å². The Hall–Kier alpha value is -1.74. The third-order valence-electron chi connectivity index (χ3n) is 3.37. The Bertz CT molecular complexity index is 415. The van der Waals surface area contributed by atoms with E-state index in [4.69, 9.17) is 11.2 Å². The number of nitrogens with zero attached hydrogens (tertiary/aromatic N) is 1. The molecule has 1 rings (SSSR count). The second-order valence-corrected chi connectivity index (χ2v) is 6.47. The molecule has 0 saturated carbocycles. The van der Waals surface area contributed by atoms with Crippen molar-refractivity contribution in [3.05, 3.63) is 0 Å². The van der Waals surface area contributed by atoms with Crippen LogP contribution in [-0.4, -0.2) is 55.2 Å². The number of rotatable bonds is 5. The van der Waals surface area contributed by atoms with Crippen LogP contribution in [0.15, 0.2) is 0 Å². The molecule has 0 radical (unpaired) electrons. The lowest BCUT2D eigenvalue weighted by Gasteiger charge is -2.29. The van der Waals surface area contributed by atoms with Crippen LogP contribution in [0.25, 0.3) is 0 Å². The number of ether oxygens (including phenoxy) is 1. The van der Waals surface area contributed by atoms with Crippen molar-refractivity contribution in [1.29, 1.82) is 0 Å². The standard InChI is InChI=1S/C16H27N3O3/c1-5-10-19-11-6-13(7-12-19)14(20)17-8-9-18-15(21)22-16(2,3)4/h1,13H,6-12H2,2-4H3,(H,17,20)(H,18,21). The van der Waals surface area contributed by atoms with Gasteiger partial charge in [0.25, 0.3) is 0 Å². The first-order chi connectivity index (χ1) is 10.3. The van der Waals surface area contributed by atoms with E-state index < -0.39 is 11.7 Å². The van der Waals surface area contributed by atoms with E-state index in [1.807, 2.05) is 0 Å². The van der Waals surface area contributed by atoms with Crippen LogP contribution < -0.4 is 10.6 Å². The predicted molar refractivity (Wildman–Crippen MR) is 85.2 cm³/mol. The molecule has 0 aromatic carbocycles. The summed E-state index contributed by atoms with van der Waals surface area (Å²) >= 11 is 0. The topological polar surface area (TPSA) is 70.7 Å². The SMILES string of the molecule is C#CCN1CCC(C(=O)NCCNC(=O)OC(C)(C)C)CC1. The largest absolute Gasteiger partial charge is 0.444 e. The van der Waals surface area contributed by atoms with Crippen LogP contribution in [-0.2, 0) is 9.53 Å². The van der Waals surface area contributed by atoms with Gasteiger partial charge in [-0.25, -0.2) is 4.79 Å². The van der Waals surface area contributed by atoms with Gasteiger partial charge in [0.1, 0.15) is 5.60 Å². The monoisotopic (exact) mass is 309 g/mol. The average Bonchev–Trinajstić information content (AvgIpc) is 2.42. The Balaban J connectivity index is 2.14. The summed E-state index contributed by atoms with van der Waals surface area (Å²) in [4.78, 5) is 25.6. The Morgan fingerprint density at radius 3 is 2.36 bits per heavy atom. The van der Waals surface area contributed by atoms with Crippen molar-refractivity contribution in [1.82, 2.24) is 15.5 Å². The summed E-state index contributed by atoms with van der Waals surface area (Å²) in [7, 11) is 0. The molecule has 0 aliphatic carbocycles. The second kappa shape index (κ2) is 8.64. The number of hydrogen-bond acceptors (Lipinski definition) is 4. The summed E-state index contributed by atoms with van der Waals surface area (Å²) in [6.07, 6.45) is 6.47. The molecule has 0 spiro atoms. The zero-order valence-corrected chi connectivity index (χ0v) is 13.8. The predicted octanol–water partition coefficient (Wildman–Crippen LogP) is 0.972. The molecule has 1 aliphatic rings. The third kappa shape index (κ3) is 7.32. The number of carbonyl (C=O) groups is 2. The molecule has 0 bridgehead atoms. The van der Waals surface area contributed by atoms with E-state index in [9.17, 15) is 9.59 Å². The minimum absolute atomic E-state index is 0.0375. The Morgan fingerprint density at radius 2 is 1.82 bits per heavy atom. The summed E-state index contributed by atoms with van der Waals surface area (Å²) in [5, 5.41) is 5.46. The summed E-state index contributed by atoms with van der Waals surface area (Å²) in [5.41, 5.74) is -0.514. The van der Waals surface area contributed by atoms with Gasteiger partial charge >= 0.3 is 6.09 Å². The Kier molecular flexibility index (Phi) is 7.19. The molecule has 0 aromatic rings. The van der Waals surface area contributed by atoms with Gasteiger partial charge in [-0.2, -0.15) is 0 Å². The second-order valence-electron chi connectivity index (χ2n) is 6.47. The molecule has 6 heteroatoms. The third-order valence-corrected chi connectivity index (χ3v) is 3.37. The van der Waals surface area contributed by atoms with Gasteiger partial charge in [-0.05, 0) is 46.7 Å². The van der Waals surface area contributed by atoms with E-state index in [0.717, 1.165) is 25.9 Å². The maximum absolute atomic E-state index is 12.0. The fraction of sp³-hybridized carbons (Fsp3) is 0.750. The highest BCUT2D eigenvalue weighted by molar-refractivity contribution is 5.78. The summed E-state index contributed by atoms with van der Waals surface area (Å²) in [6.45, 7) is 8.55. The van der Waals surface area contributed by atoms with Gasteiger partial charge in [-0.3, -0.25) is 9.69 Å². The quantitative estimate of drug-likeness (QED) is 0.586. The molecule has 124 valence electrons. The number of nitrogens with one attached hydrogen (secondary N) is 2. The number of piperidine rings is 1. The molecular formula is C16H27N3O3. The van der Waals surface area contributed by atoms with Gasteiger partial charge in [0.15, 0.2) is 0 Å². The average molecular weight is 309 g/mol. The van der Waals surface area contributed by atoms with Gasteiger partial charge < -0.3 is 15.4 Å². The molecule has 1 saturated heterocycles. The van der Waals surface area contributed by atoms with Gasteiger partial charge in [0.2, 0.25) is 5.91 Å². The lowest BCUT2D eigenvalue weighted by Crippen LogP contribution is -2.43. The summed E-state index contributed by atoms with van der Waals surface area (Å²) in [5.74, 6) is 2.71.